The summed E-state index contributed by atoms with van der Waals surface area (Å²) in [6.07, 6.45) is 6.41. The fourth-order valence-corrected chi connectivity index (χ4v) is 2.78. The van der Waals surface area contributed by atoms with Gasteiger partial charge in [0.05, 0.1) is 14.2 Å². The highest BCUT2D eigenvalue weighted by Crippen LogP contribution is 2.27. The van der Waals surface area contributed by atoms with E-state index in [9.17, 15) is 4.79 Å². The van der Waals surface area contributed by atoms with Crippen LogP contribution in [-0.2, 0) is 4.79 Å². The molecule has 0 saturated heterocycles. The maximum absolute atomic E-state index is 12.5. The van der Waals surface area contributed by atoms with Crippen molar-refractivity contribution in [1.82, 2.24) is 4.90 Å². The minimum atomic E-state index is 0.0334. The van der Waals surface area contributed by atoms with Gasteiger partial charge in [0, 0.05) is 29.8 Å². The molecule has 1 aromatic rings. The summed E-state index contributed by atoms with van der Waals surface area (Å²) >= 11 is 0. The lowest BCUT2D eigenvalue weighted by molar-refractivity contribution is -0.129. The number of nitrogens with zero attached hydrogens (tertiary/aromatic N) is 1. The van der Waals surface area contributed by atoms with E-state index in [-0.39, 0.29) is 18.0 Å². The number of benzene rings is 1. The van der Waals surface area contributed by atoms with Crippen molar-refractivity contribution in [2.75, 3.05) is 14.2 Å². The number of methoxy groups -OCH3 is 2. The Morgan fingerprint density at radius 3 is 2.20 bits per heavy atom. The summed E-state index contributed by atoms with van der Waals surface area (Å²) in [4.78, 5) is 14.3. The maximum Gasteiger partial charge on any atom is 0.247 e. The Bertz CT molecular complexity index is 622. The Hall–Kier alpha value is -2.23. The molecule has 4 nitrogen and oxygen atoms in total. The number of ether oxygens (including phenoxy) is 2. The van der Waals surface area contributed by atoms with E-state index < -0.39 is 0 Å². The van der Waals surface area contributed by atoms with Gasteiger partial charge in [0.2, 0.25) is 5.91 Å². The molecule has 1 rings (SSSR count). The number of rotatable bonds is 8. The van der Waals surface area contributed by atoms with Crippen molar-refractivity contribution in [3.63, 3.8) is 0 Å². The fourth-order valence-electron chi connectivity index (χ4n) is 2.78. The molecule has 1 aromatic carbocycles. The molecule has 0 bridgehead atoms. The van der Waals surface area contributed by atoms with Gasteiger partial charge in [-0.15, -0.1) is 0 Å². The molecule has 1 amide bonds. The molecule has 0 spiro atoms. The normalized spacial score (nSPS) is 12.1. The minimum Gasteiger partial charge on any atom is -0.497 e. The Labute approximate surface area is 152 Å². The van der Waals surface area contributed by atoms with Gasteiger partial charge in [0.1, 0.15) is 11.5 Å². The molecule has 0 aliphatic carbocycles. The monoisotopic (exact) mass is 345 g/mol. The van der Waals surface area contributed by atoms with Crippen molar-refractivity contribution in [3.8, 4) is 11.5 Å². The van der Waals surface area contributed by atoms with E-state index in [4.69, 9.17) is 9.47 Å². The van der Waals surface area contributed by atoms with E-state index >= 15 is 0 Å². The molecule has 0 radical (unpaired) electrons. The predicted octanol–water partition coefficient (Wildman–Crippen LogP) is 4.70. The minimum absolute atomic E-state index is 0.0334. The van der Waals surface area contributed by atoms with Crippen LogP contribution in [0.3, 0.4) is 0 Å². The van der Waals surface area contributed by atoms with Crippen LogP contribution < -0.4 is 9.47 Å². The topological polar surface area (TPSA) is 38.8 Å². The van der Waals surface area contributed by atoms with Gasteiger partial charge in [-0.25, -0.2) is 0 Å². The summed E-state index contributed by atoms with van der Waals surface area (Å²) < 4.78 is 10.7. The third-order valence-electron chi connectivity index (χ3n) is 4.00. The Balaban J connectivity index is 3.06. The lowest BCUT2D eigenvalue weighted by Crippen LogP contribution is -2.41. The second-order valence-electron chi connectivity index (χ2n) is 6.45. The van der Waals surface area contributed by atoms with Crippen LogP contribution in [0.4, 0.5) is 0 Å². The van der Waals surface area contributed by atoms with Crippen LogP contribution in [0, 0.1) is 0 Å². The molecule has 0 unspecified atom stereocenters. The second-order valence-corrected chi connectivity index (χ2v) is 6.45. The zero-order valence-electron chi connectivity index (χ0n) is 16.5. The summed E-state index contributed by atoms with van der Waals surface area (Å²) in [5.41, 5.74) is 2.02. The van der Waals surface area contributed by atoms with Crippen LogP contribution >= 0.6 is 0 Å². The first-order valence-corrected chi connectivity index (χ1v) is 8.77. The van der Waals surface area contributed by atoms with E-state index in [1.54, 1.807) is 20.3 Å². The third kappa shape index (κ3) is 5.96. The standard InChI is InChI=1S/C21H31NO3/c1-8-17(9-12-21(23)22(15(2)3)16(4)5)13-18-10-11-19(24-6)14-20(18)25-7/h9-16H,8H2,1-7H3/b12-9+,17-13+. The van der Waals surface area contributed by atoms with Crippen LogP contribution in [0.25, 0.3) is 6.08 Å². The van der Waals surface area contributed by atoms with Crippen LogP contribution in [0.15, 0.2) is 35.9 Å². The van der Waals surface area contributed by atoms with E-state index in [0.29, 0.717) is 0 Å². The molecular weight excluding hydrogens is 314 g/mol. The Morgan fingerprint density at radius 2 is 1.72 bits per heavy atom. The van der Waals surface area contributed by atoms with E-state index in [0.717, 1.165) is 29.1 Å². The van der Waals surface area contributed by atoms with Gasteiger partial charge in [-0.2, -0.15) is 0 Å². The molecule has 0 atom stereocenters. The summed E-state index contributed by atoms with van der Waals surface area (Å²) in [5, 5.41) is 0. The van der Waals surface area contributed by atoms with Gasteiger partial charge < -0.3 is 14.4 Å². The van der Waals surface area contributed by atoms with E-state index in [1.807, 2.05) is 62.9 Å². The lowest BCUT2D eigenvalue weighted by Gasteiger charge is -2.29. The van der Waals surface area contributed by atoms with Crippen molar-refractivity contribution in [2.45, 2.75) is 53.1 Å². The quantitative estimate of drug-likeness (QED) is 0.506. The van der Waals surface area contributed by atoms with E-state index in [2.05, 4.69) is 6.92 Å². The fraction of sp³-hybridized carbons (Fsp3) is 0.476. The molecule has 0 N–H and O–H groups in total. The van der Waals surface area contributed by atoms with Gasteiger partial charge in [-0.05, 0) is 57.9 Å². The highest BCUT2D eigenvalue weighted by molar-refractivity contribution is 5.88. The number of hydrogen-bond acceptors (Lipinski definition) is 3. The largest absolute Gasteiger partial charge is 0.497 e. The predicted molar refractivity (Wildman–Crippen MR) is 104 cm³/mol. The summed E-state index contributed by atoms with van der Waals surface area (Å²) in [6.45, 7) is 10.2. The van der Waals surface area contributed by atoms with Crippen LogP contribution in [-0.4, -0.2) is 37.1 Å². The summed E-state index contributed by atoms with van der Waals surface area (Å²) in [5.74, 6) is 1.53. The summed E-state index contributed by atoms with van der Waals surface area (Å²) in [6, 6.07) is 6.06. The SMILES string of the molecule is CCC(/C=C/C(=O)N(C(C)C)C(C)C)=C\c1ccc(OC)cc1OC. The summed E-state index contributed by atoms with van der Waals surface area (Å²) in [7, 11) is 3.27. The van der Waals surface area contributed by atoms with Gasteiger partial charge in [-0.1, -0.05) is 13.0 Å². The molecule has 25 heavy (non-hydrogen) atoms. The second kappa shape index (κ2) is 9.92. The average molecular weight is 345 g/mol. The molecule has 0 heterocycles. The van der Waals surface area contributed by atoms with Crippen LogP contribution in [0.2, 0.25) is 0 Å². The Morgan fingerprint density at radius 1 is 1.08 bits per heavy atom. The first kappa shape index (κ1) is 20.8. The number of allylic oxidation sites excluding steroid dienone is 2. The molecular formula is C21H31NO3. The average Bonchev–Trinajstić information content (AvgIpc) is 2.57. The first-order chi connectivity index (χ1) is 11.8. The van der Waals surface area contributed by atoms with Gasteiger partial charge in [0.15, 0.2) is 0 Å². The zero-order valence-corrected chi connectivity index (χ0v) is 16.5. The third-order valence-corrected chi connectivity index (χ3v) is 4.00. The number of carbonyl (C=O) groups excluding carboxylic acids is 1. The zero-order chi connectivity index (χ0) is 19.0. The van der Waals surface area contributed by atoms with Crippen molar-refractivity contribution in [2.24, 2.45) is 0 Å². The maximum atomic E-state index is 12.5. The van der Waals surface area contributed by atoms with Crippen molar-refractivity contribution >= 4 is 12.0 Å². The smallest absolute Gasteiger partial charge is 0.247 e. The molecule has 0 fully saturated rings. The highest BCUT2D eigenvalue weighted by atomic mass is 16.5. The van der Waals surface area contributed by atoms with Crippen molar-refractivity contribution in [1.29, 1.82) is 0 Å². The molecule has 138 valence electrons. The highest BCUT2D eigenvalue weighted by Gasteiger charge is 2.17. The van der Waals surface area contributed by atoms with Crippen molar-refractivity contribution in [3.05, 3.63) is 41.5 Å². The number of amides is 1. The van der Waals surface area contributed by atoms with Gasteiger partial charge >= 0.3 is 0 Å². The van der Waals surface area contributed by atoms with Gasteiger partial charge in [-0.3, -0.25) is 4.79 Å². The molecule has 0 saturated carbocycles. The van der Waals surface area contributed by atoms with Crippen molar-refractivity contribution < 1.29 is 14.3 Å². The molecule has 0 aliphatic heterocycles. The van der Waals surface area contributed by atoms with Crippen LogP contribution in [0.1, 0.15) is 46.6 Å². The number of carbonyl (C=O) groups is 1. The molecule has 0 aliphatic rings. The lowest BCUT2D eigenvalue weighted by atomic mass is 10.1. The molecule has 0 aromatic heterocycles. The first-order valence-electron chi connectivity index (χ1n) is 8.77. The van der Waals surface area contributed by atoms with Crippen LogP contribution in [0.5, 0.6) is 11.5 Å². The van der Waals surface area contributed by atoms with Gasteiger partial charge in [0.25, 0.3) is 0 Å². The molecule has 4 heteroatoms. The Kier molecular flexibility index (Phi) is 8.26. The van der Waals surface area contributed by atoms with E-state index in [1.165, 1.54) is 0 Å². The number of hydrogen-bond donors (Lipinski definition) is 0.